The SMILES string of the molecule is C[C@H]1CCc2c(sc(N)c2C(=O)NCc2ccco2)C1. The minimum absolute atomic E-state index is 0.0917. The predicted octanol–water partition coefficient (Wildman–Crippen LogP) is 2.98. The highest BCUT2D eigenvalue weighted by Gasteiger charge is 2.26. The number of nitrogen functional groups attached to an aromatic ring is 1. The average molecular weight is 290 g/mol. The number of hydrogen-bond donors (Lipinski definition) is 2. The van der Waals surface area contributed by atoms with Gasteiger partial charge in [0.05, 0.1) is 23.4 Å². The number of amides is 1. The molecule has 0 unspecified atom stereocenters. The Labute approximate surface area is 122 Å². The van der Waals surface area contributed by atoms with E-state index in [-0.39, 0.29) is 5.91 Å². The molecule has 2 aromatic heterocycles. The maximum atomic E-state index is 12.3. The first-order valence-corrected chi connectivity index (χ1v) is 7.67. The highest BCUT2D eigenvalue weighted by atomic mass is 32.1. The zero-order valence-corrected chi connectivity index (χ0v) is 12.3. The van der Waals surface area contributed by atoms with Crippen LogP contribution < -0.4 is 11.1 Å². The quantitative estimate of drug-likeness (QED) is 0.913. The van der Waals surface area contributed by atoms with Crippen LogP contribution in [-0.2, 0) is 19.4 Å². The molecule has 0 spiro atoms. The Morgan fingerprint density at radius 1 is 1.60 bits per heavy atom. The highest BCUT2D eigenvalue weighted by Crippen LogP contribution is 2.37. The summed E-state index contributed by atoms with van der Waals surface area (Å²) in [4.78, 5) is 13.6. The molecular weight excluding hydrogens is 272 g/mol. The van der Waals surface area contributed by atoms with E-state index in [1.165, 1.54) is 4.88 Å². The lowest BCUT2D eigenvalue weighted by molar-refractivity contribution is 0.0948. The van der Waals surface area contributed by atoms with Crippen LogP contribution in [0.15, 0.2) is 22.8 Å². The average Bonchev–Trinajstić information content (AvgIpc) is 3.02. The maximum absolute atomic E-state index is 12.3. The van der Waals surface area contributed by atoms with Crippen molar-refractivity contribution in [2.45, 2.75) is 32.7 Å². The minimum atomic E-state index is -0.0917. The number of fused-ring (bicyclic) bond motifs is 1. The number of thiophene rings is 1. The van der Waals surface area contributed by atoms with Gasteiger partial charge in [-0.05, 0) is 42.9 Å². The molecule has 0 saturated heterocycles. The number of anilines is 1. The van der Waals surface area contributed by atoms with Crippen molar-refractivity contribution in [1.29, 1.82) is 0 Å². The van der Waals surface area contributed by atoms with Crippen LogP contribution >= 0.6 is 11.3 Å². The van der Waals surface area contributed by atoms with Crippen LogP contribution in [0.5, 0.6) is 0 Å². The second kappa shape index (κ2) is 5.32. The number of hydrogen-bond acceptors (Lipinski definition) is 4. The van der Waals surface area contributed by atoms with Crippen molar-refractivity contribution in [3.8, 4) is 0 Å². The van der Waals surface area contributed by atoms with Gasteiger partial charge in [-0.1, -0.05) is 6.92 Å². The fourth-order valence-corrected chi connectivity index (χ4v) is 3.97. The second-order valence-corrected chi connectivity index (χ2v) is 6.49. The van der Waals surface area contributed by atoms with Crippen LogP contribution in [0.4, 0.5) is 5.00 Å². The standard InChI is InChI=1S/C15H18N2O2S/c1-9-4-5-11-12(7-9)20-14(16)13(11)15(18)17-8-10-3-2-6-19-10/h2-3,6,9H,4-5,7-8,16H2,1H3,(H,17,18)/t9-/m0/s1. The third-order valence-electron chi connectivity index (χ3n) is 3.77. The van der Waals surface area contributed by atoms with E-state index in [9.17, 15) is 4.79 Å². The number of nitrogens with one attached hydrogen (secondary N) is 1. The van der Waals surface area contributed by atoms with E-state index in [1.54, 1.807) is 17.6 Å². The van der Waals surface area contributed by atoms with E-state index in [2.05, 4.69) is 12.2 Å². The molecule has 1 atom stereocenters. The van der Waals surface area contributed by atoms with E-state index in [0.717, 1.165) is 30.6 Å². The summed E-state index contributed by atoms with van der Waals surface area (Å²) in [6.45, 7) is 2.64. The van der Waals surface area contributed by atoms with Gasteiger partial charge in [0.1, 0.15) is 5.76 Å². The Hall–Kier alpha value is -1.75. The molecule has 3 N–H and O–H groups in total. The van der Waals surface area contributed by atoms with Crippen LogP contribution in [0.2, 0.25) is 0 Å². The summed E-state index contributed by atoms with van der Waals surface area (Å²) in [5.41, 5.74) is 7.89. The molecule has 1 amide bonds. The van der Waals surface area contributed by atoms with E-state index in [0.29, 0.717) is 23.0 Å². The van der Waals surface area contributed by atoms with Crippen molar-refractivity contribution >= 4 is 22.2 Å². The van der Waals surface area contributed by atoms with Crippen molar-refractivity contribution in [3.05, 3.63) is 40.2 Å². The van der Waals surface area contributed by atoms with Crippen molar-refractivity contribution in [3.63, 3.8) is 0 Å². The lowest BCUT2D eigenvalue weighted by Crippen LogP contribution is -2.25. The summed E-state index contributed by atoms with van der Waals surface area (Å²) < 4.78 is 5.21. The van der Waals surface area contributed by atoms with Gasteiger partial charge < -0.3 is 15.5 Å². The predicted molar refractivity (Wildman–Crippen MR) is 79.8 cm³/mol. The van der Waals surface area contributed by atoms with E-state index in [4.69, 9.17) is 10.2 Å². The molecular formula is C15H18N2O2S. The molecule has 0 saturated carbocycles. The summed E-state index contributed by atoms with van der Waals surface area (Å²) >= 11 is 1.57. The fraction of sp³-hybridized carbons (Fsp3) is 0.400. The lowest BCUT2D eigenvalue weighted by atomic mass is 9.88. The molecule has 2 heterocycles. The van der Waals surface area contributed by atoms with Crippen LogP contribution in [0, 0.1) is 5.92 Å². The van der Waals surface area contributed by atoms with Gasteiger partial charge in [0, 0.05) is 4.88 Å². The number of nitrogens with two attached hydrogens (primary N) is 1. The van der Waals surface area contributed by atoms with Crippen molar-refractivity contribution < 1.29 is 9.21 Å². The number of rotatable bonds is 3. The summed E-state index contributed by atoms with van der Waals surface area (Å²) in [5, 5.41) is 3.52. The summed E-state index contributed by atoms with van der Waals surface area (Å²) in [5.74, 6) is 1.33. The molecule has 0 aromatic carbocycles. The molecule has 0 fully saturated rings. The van der Waals surface area contributed by atoms with Crippen molar-refractivity contribution in [2.24, 2.45) is 5.92 Å². The number of furan rings is 1. The zero-order valence-electron chi connectivity index (χ0n) is 11.4. The first kappa shape index (κ1) is 13.2. The molecule has 5 heteroatoms. The number of carbonyl (C=O) groups is 1. The van der Waals surface area contributed by atoms with Gasteiger partial charge in [-0.2, -0.15) is 0 Å². The Balaban J connectivity index is 1.78. The summed E-state index contributed by atoms with van der Waals surface area (Å²) in [6.07, 6.45) is 4.72. The van der Waals surface area contributed by atoms with Gasteiger partial charge in [0.15, 0.2) is 0 Å². The van der Waals surface area contributed by atoms with E-state index < -0.39 is 0 Å². The van der Waals surface area contributed by atoms with Gasteiger partial charge in [0.25, 0.3) is 5.91 Å². The monoisotopic (exact) mass is 290 g/mol. The van der Waals surface area contributed by atoms with Crippen molar-refractivity contribution in [2.75, 3.05) is 5.73 Å². The lowest BCUT2D eigenvalue weighted by Gasteiger charge is -2.18. The fourth-order valence-electron chi connectivity index (χ4n) is 2.69. The van der Waals surface area contributed by atoms with Gasteiger partial charge in [-0.25, -0.2) is 0 Å². The molecule has 4 nitrogen and oxygen atoms in total. The molecule has 1 aliphatic rings. The van der Waals surface area contributed by atoms with Gasteiger partial charge in [-0.3, -0.25) is 4.79 Å². The molecule has 0 aliphatic heterocycles. The molecule has 0 bridgehead atoms. The topological polar surface area (TPSA) is 68.3 Å². The largest absolute Gasteiger partial charge is 0.467 e. The van der Waals surface area contributed by atoms with Crippen LogP contribution in [0.25, 0.3) is 0 Å². The van der Waals surface area contributed by atoms with Crippen LogP contribution in [0.1, 0.15) is 39.9 Å². The van der Waals surface area contributed by atoms with Gasteiger partial charge >= 0.3 is 0 Å². The molecule has 3 rings (SSSR count). The normalized spacial score (nSPS) is 17.8. The van der Waals surface area contributed by atoms with E-state index in [1.807, 2.05) is 12.1 Å². The van der Waals surface area contributed by atoms with Crippen LogP contribution in [-0.4, -0.2) is 5.91 Å². The van der Waals surface area contributed by atoms with Gasteiger partial charge in [-0.15, -0.1) is 11.3 Å². The molecule has 0 radical (unpaired) electrons. The van der Waals surface area contributed by atoms with Crippen molar-refractivity contribution in [1.82, 2.24) is 5.32 Å². The Kier molecular flexibility index (Phi) is 3.53. The maximum Gasteiger partial charge on any atom is 0.254 e. The first-order valence-electron chi connectivity index (χ1n) is 6.85. The van der Waals surface area contributed by atoms with Gasteiger partial charge in [0.2, 0.25) is 0 Å². The van der Waals surface area contributed by atoms with Crippen LogP contribution in [0.3, 0.4) is 0 Å². The Morgan fingerprint density at radius 3 is 3.20 bits per heavy atom. The third-order valence-corrected chi connectivity index (χ3v) is 4.85. The molecule has 106 valence electrons. The molecule has 20 heavy (non-hydrogen) atoms. The molecule has 2 aromatic rings. The smallest absolute Gasteiger partial charge is 0.254 e. The third kappa shape index (κ3) is 2.45. The second-order valence-electron chi connectivity index (χ2n) is 5.35. The first-order chi connectivity index (χ1) is 9.65. The highest BCUT2D eigenvalue weighted by molar-refractivity contribution is 7.16. The minimum Gasteiger partial charge on any atom is -0.467 e. The number of carbonyl (C=O) groups excluding carboxylic acids is 1. The zero-order chi connectivity index (χ0) is 14.1. The summed E-state index contributed by atoms with van der Waals surface area (Å²) in [6, 6.07) is 3.65. The Morgan fingerprint density at radius 2 is 2.45 bits per heavy atom. The summed E-state index contributed by atoms with van der Waals surface area (Å²) in [7, 11) is 0. The molecule has 1 aliphatic carbocycles. The Bertz CT molecular complexity index is 616. The van der Waals surface area contributed by atoms with E-state index >= 15 is 0 Å².